The van der Waals surface area contributed by atoms with Gasteiger partial charge in [-0.25, -0.2) is 4.52 Å². The van der Waals surface area contributed by atoms with E-state index in [4.69, 9.17) is 0 Å². The molecule has 3 rings (SSSR count). The molecule has 2 N–H and O–H groups in total. The number of hydrogen-bond acceptors (Lipinski definition) is 4. The zero-order chi connectivity index (χ0) is 13.3. The van der Waals surface area contributed by atoms with E-state index in [9.17, 15) is 0 Å². The molecule has 1 unspecified atom stereocenters. The van der Waals surface area contributed by atoms with Crippen LogP contribution in [0.5, 0.6) is 0 Å². The van der Waals surface area contributed by atoms with Crippen LogP contribution in [0.15, 0.2) is 18.3 Å². The summed E-state index contributed by atoms with van der Waals surface area (Å²) in [7, 11) is 0. The van der Waals surface area contributed by atoms with Gasteiger partial charge in [-0.1, -0.05) is 13.0 Å². The summed E-state index contributed by atoms with van der Waals surface area (Å²) in [5.41, 5.74) is 2.37. The summed E-state index contributed by atoms with van der Waals surface area (Å²) in [6.07, 6.45) is 4.43. The molecule has 0 radical (unpaired) electrons. The molecule has 0 saturated carbocycles. The number of rotatable bonds is 3. The Hall–Kier alpha value is -1.62. The minimum Gasteiger partial charge on any atom is -0.352 e. The molecule has 0 aromatic carbocycles. The Balaban J connectivity index is 1.73. The van der Waals surface area contributed by atoms with E-state index >= 15 is 0 Å². The number of aromatic nitrogens is 3. The van der Waals surface area contributed by atoms with E-state index in [0.29, 0.717) is 5.41 Å². The van der Waals surface area contributed by atoms with Crippen molar-refractivity contribution in [3.05, 3.63) is 23.9 Å². The molecular weight excluding hydrogens is 238 g/mol. The quantitative estimate of drug-likeness (QED) is 0.883. The van der Waals surface area contributed by atoms with Crippen LogP contribution in [0.4, 0.5) is 5.95 Å². The Labute approximate surface area is 113 Å². The fraction of sp³-hybridized carbons (Fsp3) is 0.571. The molecular formula is C14H21N5. The molecule has 1 fully saturated rings. The highest BCUT2D eigenvalue weighted by molar-refractivity contribution is 5.49. The maximum Gasteiger partial charge on any atom is 0.243 e. The molecule has 0 aliphatic carbocycles. The SMILES string of the molecule is Cc1cccn2nc(NCC3(C)CCCNC3)nc12. The number of aryl methyl sites for hydroxylation is 1. The van der Waals surface area contributed by atoms with Crippen molar-refractivity contribution in [1.82, 2.24) is 19.9 Å². The van der Waals surface area contributed by atoms with Crippen molar-refractivity contribution in [1.29, 1.82) is 0 Å². The van der Waals surface area contributed by atoms with E-state index in [0.717, 1.165) is 36.8 Å². The fourth-order valence-corrected chi connectivity index (χ4v) is 2.68. The van der Waals surface area contributed by atoms with Gasteiger partial charge in [0.1, 0.15) is 0 Å². The van der Waals surface area contributed by atoms with Crippen LogP contribution < -0.4 is 10.6 Å². The first kappa shape index (κ1) is 12.4. The molecule has 5 heteroatoms. The molecule has 2 aromatic rings. The van der Waals surface area contributed by atoms with Crippen LogP contribution in [0, 0.1) is 12.3 Å². The lowest BCUT2D eigenvalue weighted by Gasteiger charge is -2.34. The van der Waals surface area contributed by atoms with Gasteiger partial charge in [-0.05, 0) is 43.4 Å². The van der Waals surface area contributed by atoms with Gasteiger partial charge < -0.3 is 10.6 Å². The van der Waals surface area contributed by atoms with E-state index < -0.39 is 0 Å². The number of fused-ring (bicyclic) bond motifs is 1. The Morgan fingerprint density at radius 3 is 3.16 bits per heavy atom. The first-order chi connectivity index (χ1) is 9.16. The summed E-state index contributed by atoms with van der Waals surface area (Å²) in [6.45, 7) is 7.48. The van der Waals surface area contributed by atoms with E-state index in [1.165, 1.54) is 12.8 Å². The third-order valence-corrected chi connectivity index (χ3v) is 3.92. The van der Waals surface area contributed by atoms with Crippen LogP contribution in [0.3, 0.4) is 0 Å². The normalized spacial score (nSPS) is 23.7. The average molecular weight is 259 g/mol. The molecule has 5 nitrogen and oxygen atoms in total. The lowest BCUT2D eigenvalue weighted by atomic mass is 9.83. The molecule has 1 aliphatic heterocycles. The average Bonchev–Trinajstić information content (AvgIpc) is 2.82. The van der Waals surface area contributed by atoms with E-state index in [1.54, 1.807) is 0 Å². The molecule has 1 saturated heterocycles. The molecule has 1 aliphatic rings. The highest BCUT2D eigenvalue weighted by Crippen LogP contribution is 2.25. The summed E-state index contributed by atoms with van der Waals surface area (Å²) >= 11 is 0. The van der Waals surface area contributed by atoms with Crippen molar-refractivity contribution in [2.45, 2.75) is 26.7 Å². The first-order valence-corrected chi connectivity index (χ1v) is 6.93. The van der Waals surface area contributed by atoms with Gasteiger partial charge in [-0.15, -0.1) is 5.10 Å². The summed E-state index contributed by atoms with van der Waals surface area (Å²) in [5.74, 6) is 0.723. The molecule has 2 aromatic heterocycles. The zero-order valence-electron chi connectivity index (χ0n) is 11.6. The van der Waals surface area contributed by atoms with Gasteiger partial charge >= 0.3 is 0 Å². The number of anilines is 1. The topological polar surface area (TPSA) is 54.2 Å². The predicted molar refractivity (Wildman–Crippen MR) is 76.4 cm³/mol. The van der Waals surface area contributed by atoms with Gasteiger partial charge in [0.25, 0.3) is 0 Å². The Bertz CT molecular complexity index is 568. The van der Waals surface area contributed by atoms with Crippen LogP contribution in [-0.4, -0.2) is 34.2 Å². The van der Waals surface area contributed by atoms with Crippen LogP contribution >= 0.6 is 0 Å². The van der Waals surface area contributed by atoms with Crippen LogP contribution in [0.25, 0.3) is 5.65 Å². The number of pyridine rings is 1. The predicted octanol–water partition coefficient (Wildman–Crippen LogP) is 1.84. The van der Waals surface area contributed by atoms with Crippen molar-refractivity contribution in [2.75, 3.05) is 25.0 Å². The maximum atomic E-state index is 4.55. The minimum absolute atomic E-state index is 0.296. The summed E-state index contributed by atoms with van der Waals surface area (Å²) in [5, 5.41) is 11.3. The van der Waals surface area contributed by atoms with Crippen molar-refractivity contribution >= 4 is 11.6 Å². The van der Waals surface area contributed by atoms with Gasteiger partial charge in [0.2, 0.25) is 5.95 Å². The molecule has 19 heavy (non-hydrogen) atoms. The number of hydrogen-bond donors (Lipinski definition) is 2. The van der Waals surface area contributed by atoms with Gasteiger partial charge in [0.05, 0.1) is 0 Å². The van der Waals surface area contributed by atoms with Gasteiger partial charge in [-0.3, -0.25) is 0 Å². The third-order valence-electron chi connectivity index (χ3n) is 3.92. The largest absolute Gasteiger partial charge is 0.352 e. The van der Waals surface area contributed by atoms with Gasteiger partial charge in [-0.2, -0.15) is 4.98 Å². The Morgan fingerprint density at radius 1 is 1.53 bits per heavy atom. The Kier molecular flexibility index (Phi) is 3.14. The molecule has 3 heterocycles. The third kappa shape index (κ3) is 2.56. The maximum absolute atomic E-state index is 4.55. The van der Waals surface area contributed by atoms with Crippen LogP contribution in [0.1, 0.15) is 25.3 Å². The zero-order valence-corrected chi connectivity index (χ0v) is 11.6. The van der Waals surface area contributed by atoms with E-state index in [2.05, 4.69) is 40.6 Å². The summed E-state index contributed by atoms with van der Waals surface area (Å²) in [4.78, 5) is 4.55. The van der Waals surface area contributed by atoms with Crippen LogP contribution in [0.2, 0.25) is 0 Å². The smallest absolute Gasteiger partial charge is 0.243 e. The second-order valence-corrected chi connectivity index (χ2v) is 5.84. The summed E-state index contributed by atoms with van der Waals surface area (Å²) in [6, 6.07) is 4.05. The second kappa shape index (κ2) is 4.81. The first-order valence-electron chi connectivity index (χ1n) is 6.93. The molecule has 0 spiro atoms. The lowest BCUT2D eigenvalue weighted by Crippen LogP contribution is -2.42. The molecule has 0 amide bonds. The minimum atomic E-state index is 0.296. The van der Waals surface area contributed by atoms with Crippen molar-refractivity contribution in [3.8, 4) is 0 Å². The fourth-order valence-electron chi connectivity index (χ4n) is 2.68. The van der Waals surface area contributed by atoms with Crippen molar-refractivity contribution < 1.29 is 0 Å². The monoisotopic (exact) mass is 259 g/mol. The standard InChI is InChI=1S/C14H21N5/c1-11-5-3-8-19-12(11)17-13(18-19)16-10-14(2)6-4-7-15-9-14/h3,5,8,15H,4,6-7,9-10H2,1-2H3,(H,16,18). The summed E-state index contributed by atoms with van der Waals surface area (Å²) < 4.78 is 1.83. The number of nitrogens with zero attached hydrogens (tertiary/aromatic N) is 3. The molecule has 1 atom stereocenters. The lowest BCUT2D eigenvalue weighted by molar-refractivity contribution is 0.253. The highest BCUT2D eigenvalue weighted by Gasteiger charge is 2.26. The number of piperidine rings is 1. The van der Waals surface area contributed by atoms with Gasteiger partial charge in [0, 0.05) is 19.3 Å². The van der Waals surface area contributed by atoms with Crippen molar-refractivity contribution in [3.63, 3.8) is 0 Å². The second-order valence-electron chi connectivity index (χ2n) is 5.84. The molecule has 102 valence electrons. The van der Waals surface area contributed by atoms with E-state index in [1.807, 2.05) is 16.8 Å². The number of nitrogens with one attached hydrogen (secondary N) is 2. The van der Waals surface area contributed by atoms with Gasteiger partial charge in [0.15, 0.2) is 5.65 Å². The van der Waals surface area contributed by atoms with E-state index in [-0.39, 0.29) is 0 Å². The highest BCUT2D eigenvalue weighted by atomic mass is 15.3. The molecule has 0 bridgehead atoms. The van der Waals surface area contributed by atoms with Crippen molar-refractivity contribution in [2.24, 2.45) is 5.41 Å². The van der Waals surface area contributed by atoms with Crippen LogP contribution in [-0.2, 0) is 0 Å². The Morgan fingerprint density at radius 2 is 2.42 bits per heavy atom.